The average Bonchev–Trinajstić information content (AvgIpc) is 3.16. The van der Waals surface area contributed by atoms with Gasteiger partial charge in [-0.2, -0.15) is 8.42 Å². The number of alkyl halides is 1. The molecule has 0 bridgehead atoms. The van der Waals surface area contributed by atoms with Crippen molar-refractivity contribution in [1.82, 2.24) is 14.2 Å². The van der Waals surface area contributed by atoms with Gasteiger partial charge in [0, 0.05) is 11.8 Å². The standard InChI is InChI=1S/C12H12ClN3O2S/c13-7-9-1-5-11(6-2-9)19(17,18)16-8-14-12(15-16)10-3-4-10/h1-2,5-6,8,10H,3-4,7H2. The molecule has 0 unspecified atom stereocenters. The highest BCUT2D eigenvalue weighted by atomic mass is 35.5. The average molecular weight is 298 g/mol. The van der Waals surface area contributed by atoms with Crippen molar-refractivity contribution in [3.63, 3.8) is 0 Å². The van der Waals surface area contributed by atoms with E-state index in [1.165, 1.54) is 18.5 Å². The summed E-state index contributed by atoms with van der Waals surface area (Å²) in [5, 5.41) is 4.05. The van der Waals surface area contributed by atoms with Gasteiger partial charge in [-0.1, -0.05) is 12.1 Å². The van der Waals surface area contributed by atoms with Gasteiger partial charge in [0.15, 0.2) is 5.82 Å². The maximum Gasteiger partial charge on any atom is 0.284 e. The van der Waals surface area contributed by atoms with E-state index in [1.54, 1.807) is 12.1 Å². The summed E-state index contributed by atoms with van der Waals surface area (Å²) in [5.41, 5.74) is 0.873. The Bertz CT molecular complexity index is 690. The summed E-state index contributed by atoms with van der Waals surface area (Å²) in [6.45, 7) is 0. The Kier molecular flexibility index (Phi) is 3.06. The van der Waals surface area contributed by atoms with E-state index in [2.05, 4.69) is 10.1 Å². The molecular weight excluding hydrogens is 286 g/mol. The SMILES string of the molecule is O=S(=O)(c1ccc(CCl)cc1)n1cnc(C2CC2)n1. The van der Waals surface area contributed by atoms with Crippen molar-refractivity contribution in [3.05, 3.63) is 42.0 Å². The quantitative estimate of drug-likeness (QED) is 0.811. The summed E-state index contributed by atoms with van der Waals surface area (Å²) in [6.07, 6.45) is 3.33. The van der Waals surface area contributed by atoms with E-state index in [9.17, 15) is 8.42 Å². The summed E-state index contributed by atoms with van der Waals surface area (Å²) in [6, 6.07) is 6.45. The van der Waals surface area contributed by atoms with Crippen molar-refractivity contribution in [1.29, 1.82) is 0 Å². The minimum Gasteiger partial charge on any atom is -0.218 e. The molecule has 0 radical (unpaired) electrons. The van der Waals surface area contributed by atoms with Crippen LogP contribution in [0.3, 0.4) is 0 Å². The maximum atomic E-state index is 12.3. The van der Waals surface area contributed by atoms with Crippen molar-refractivity contribution in [2.24, 2.45) is 0 Å². The van der Waals surface area contributed by atoms with Crippen LogP contribution >= 0.6 is 11.6 Å². The zero-order chi connectivity index (χ0) is 13.5. The second-order valence-corrected chi connectivity index (χ2v) is 6.60. The lowest BCUT2D eigenvalue weighted by molar-refractivity contribution is 0.579. The van der Waals surface area contributed by atoms with E-state index in [-0.39, 0.29) is 4.90 Å². The molecule has 1 heterocycles. The van der Waals surface area contributed by atoms with Crippen LogP contribution in [0.4, 0.5) is 0 Å². The monoisotopic (exact) mass is 297 g/mol. The number of nitrogens with zero attached hydrogens (tertiary/aromatic N) is 3. The topological polar surface area (TPSA) is 64.8 Å². The molecule has 1 saturated carbocycles. The Morgan fingerprint density at radius 1 is 1.26 bits per heavy atom. The third-order valence-corrected chi connectivity index (χ3v) is 4.90. The molecule has 0 aliphatic heterocycles. The Labute approximate surface area is 116 Å². The number of halogens is 1. The summed E-state index contributed by atoms with van der Waals surface area (Å²) in [4.78, 5) is 4.24. The predicted molar refractivity (Wildman–Crippen MR) is 70.6 cm³/mol. The minimum atomic E-state index is -3.65. The van der Waals surface area contributed by atoms with Gasteiger partial charge in [0.05, 0.1) is 4.90 Å². The summed E-state index contributed by atoms with van der Waals surface area (Å²) in [7, 11) is -3.65. The molecule has 0 spiro atoms. The first-order chi connectivity index (χ1) is 9.11. The van der Waals surface area contributed by atoms with E-state index >= 15 is 0 Å². The molecule has 19 heavy (non-hydrogen) atoms. The number of benzene rings is 1. The highest BCUT2D eigenvalue weighted by Gasteiger charge is 2.29. The van der Waals surface area contributed by atoms with Gasteiger partial charge in [-0.15, -0.1) is 20.8 Å². The van der Waals surface area contributed by atoms with Gasteiger partial charge in [-0.25, -0.2) is 4.98 Å². The zero-order valence-electron chi connectivity index (χ0n) is 10.0. The second kappa shape index (κ2) is 4.61. The molecule has 0 atom stereocenters. The molecule has 1 aromatic heterocycles. The van der Waals surface area contributed by atoms with Gasteiger partial charge >= 0.3 is 0 Å². The molecule has 1 aliphatic carbocycles. The van der Waals surface area contributed by atoms with Gasteiger partial charge in [0.25, 0.3) is 10.0 Å². The summed E-state index contributed by atoms with van der Waals surface area (Å²) >= 11 is 5.68. The third-order valence-electron chi connectivity index (χ3n) is 3.05. The molecular formula is C12H12ClN3O2S. The molecule has 1 aliphatic rings. The Morgan fingerprint density at radius 3 is 2.53 bits per heavy atom. The van der Waals surface area contributed by atoms with Crippen LogP contribution < -0.4 is 0 Å². The van der Waals surface area contributed by atoms with E-state index in [1.807, 2.05) is 0 Å². The van der Waals surface area contributed by atoms with E-state index in [4.69, 9.17) is 11.6 Å². The Balaban J connectivity index is 1.95. The first kappa shape index (κ1) is 12.6. The van der Waals surface area contributed by atoms with Gasteiger partial charge in [-0.05, 0) is 30.5 Å². The molecule has 0 saturated heterocycles. The molecule has 0 N–H and O–H groups in total. The summed E-state index contributed by atoms with van der Waals surface area (Å²) in [5.74, 6) is 1.30. The van der Waals surface area contributed by atoms with Gasteiger partial charge in [0.2, 0.25) is 0 Å². The largest absolute Gasteiger partial charge is 0.284 e. The van der Waals surface area contributed by atoms with E-state index in [0.717, 1.165) is 22.5 Å². The second-order valence-electron chi connectivity index (χ2n) is 4.53. The van der Waals surface area contributed by atoms with Crippen LogP contribution in [0.25, 0.3) is 0 Å². The molecule has 3 rings (SSSR count). The fourth-order valence-corrected chi connectivity index (χ4v) is 3.00. The van der Waals surface area contributed by atoms with Crippen LogP contribution in [-0.4, -0.2) is 22.6 Å². The lowest BCUT2D eigenvalue weighted by Gasteiger charge is -2.04. The van der Waals surface area contributed by atoms with Crippen molar-refractivity contribution in [2.75, 3.05) is 0 Å². The fraction of sp³-hybridized carbons (Fsp3) is 0.333. The number of hydrogen-bond acceptors (Lipinski definition) is 4. The van der Waals surface area contributed by atoms with Crippen LogP contribution in [-0.2, 0) is 15.9 Å². The predicted octanol–water partition coefficient (Wildman–Crippen LogP) is 2.13. The lowest BCUT2D eigenvalue weighted by atomic mass is 10.2. The smallest absolute Gasteiger partial charge is 0.218 e. The van der Waals surface area contributed by atoms with Crippen molar-refractivity contribution in [2.45, 2.75) is 29.5 Å². The molecule has 100 valence electrons. The van der Waals surface area contributed by atoms with E-state index < -0.39 is 10.0 Å². The Hall–Kier alpha value is -1.40. The van der Waals surface area contributed by atoms with Crippen LogP contribution in [0.5, 0.6) is 0 Å². The van der Waals surface area contributed by atoms with Crippen molar-refractivity contribution >= 4 is 21.6 Å². The maximum absolute atomic E-state index is 12.3. The molecule has 5 nitrogen and oxygen atoms in total. The Morgan fingerprint density at radius 2 is 1.95 bits per heavy atom. The molecule has 0 amide bonds. The highest BCUT2D eigenvalue weighted by Crippen LogP contribution is 2.37. The van der Waals surface area contributed by atoms with Crippen LogP contribution in [0.2, 0.25) is 0 Å². The lowest BCUT2D eigenvalue weighted by Crippen LogP contribution is -2.13. The molecule has 2 aromatic rings. The van der Waals surface area contributed by atoms with Crippen LogP contribution in [0.15, 0.2) is 35.5 Å². The third kappa shape index (κ3) is 2.37. The van der Waals surface area contributed by atoms with Crippen LogP contribution in [0.1, 0.15) is 30.1 Å². The number of aromatic nitrogens is 3. The van der Waals surface area contributed by atoms with Crippen molar-refractivity contribution in [3.8, 4) is 0 Å². The van der Waals surface area contributed by atoms with Gasteiger partial charge in [-0.3, -0.25) is 0 Å². The first-order valence-electron chi connectivity index (χ1n) is 5.93. The first-order valence-corrected chi connectivity index (χ1v) is 7.91. The van der Waals surface area contributed by atoms with Gasteiger partial charge in [0.1, 0.15) is 6.33 Å². The molecule has 1 aromatic carbocycles. The number of rotatable bonds is 4. The minimum absolute atomic E-state index is 0.189. The van der Waals surface area contributed by atoms with E-state index in [0.29, 0.717) is 17.6 Å². The number of hydrogen-bond donors (Lipinski definition) is 0. The van der Waals surface area contributed by atoms with Gasteiger partial charge < -0.3 is 0 Å². The zero-order valence-corrected chi connectivity index (χ0v) is 11.6. The van der Waals surface area contributed by atoms with Crippen molar-refractivity contribution < 1.29 is 8.42 Å². The normalized spacial score (nSPS) is 15.6. The van der Waals surface area contributed by atoms with Crippen LogP contribution in [0, 0.1) is 0 Å². The molecule has 7 heteroatoms. The fourth-order valence-electron chi connectivity index (χ4n) is 1.76. The molecule has 1 fully saturated rings. The summed E-state index contributed by atoms with van der Waals surface area (Å²) < 4.78 is 25.6. The highest BCUT2D eigenvalue weighted by molar-refractivity contribution is 7.89.